The van der Waals surface area contributed by atoms with Crippen molar-refractivity contribution in [3.8, 4) is 11.8 Å². The first-order chi connectivity index (χ1) is 10.3. The Balaban J connectivity index is 1.82. The first-order valence-electron chi connectivity index (χ1n) is 6.78. The number of anilines is 1. The Morgan fingerprint density at radius 1 is 1.38 bits per heavy atom. The van der Waals surface area contributed by atoms with Crippen molar-refractivity contribution in [2.75, 3.05) is 12.4 Å². The maximum Gasteiger partial charge on any atom is 0.232 e. The lowest BCUT2D eigenvalue weighted by atomic mass is 10.2. The molecule has 0 radical (unpaired) electrons. The highest BCUT2D eigenvalue weighted by atomic mass is 16.5. The highest BCUT2D eigenvalue weighted by Gasteiger charge is 2.24. The van der Waals surface area contributed by atoms with Gasteiger partial charge in [0.1, 0.15) is 11.8 Å². The number of benzene rings is 1. The molecule has 1 fully saturated rings. The van der Waals surface area contributed by atoms with Crippen molar-refractivity contribution in [3.05, 3.63) is 41.4 Å². The lowest BCUT2D eigenvalue weighted by molar-refractivity contribution is 0.414. The van der Waals surface area contributed by atoms with Crippen LogP contribution in [0.4, 0.5) is 5.88 Å². The van der Waals surface area contributed by atoms with Crippen LogP contribution in [0.3, 0.4) is 0 Å². The molecular formula is C16H15N3O2. The minimum absolute atomic E-state index is 0.293. The summed E-state index contributed by atoms with van der Waals surface area (Å²) in [7, 11) is 1.63. The number of oxazole rings is 1. The third-order valence-corrected chi connectivity index (χ3v) is 3.21. The van der Waals surface area contributed by atoms with E-state index in [2.05, 4.69) is 10.3 Å². The van der Waals surface area contributed by atoms with E-state index in [1.54, 1.807) is 13.2 Å². The third-order valence-electron chi connectivity index (χ3n) is 3.21. The number of nitrogens with one attached hydrogen (secondary N) is 1. The predicted octanol–water partition coefficient (Wildman–Crippen LogP) is 3.30. The van der Waals surface area contributed by atoms with Gasteiger partial charge in [-0.1, -0.05) is 18.2 Å². The minimum atomic E-state index is 0.293. The summed E-state index contributed by atoms with van der Waals surface area (Å²) < 4.78 is 10.9. The number of nitriles is 1. The van der Waals surface area contributed by atoms with Gasteiger partial charge in [-0.2, -0.15) is 10.2 Å². The van der Waals surface area contributed by atoms with E-state index in [0.29, 0.717) is 23.5 Å². The number of nitrogens with zero attached hydrogens (tertiary/aromatic N) is 2. The molecule has 0 saturated heterocycles. The lowest BCUT2D eigenvalue weighted by Gasteiger charge is -2.02. The number of hydrogen-bond acceptors (Lipinski definition) is 5. The van der Waals surface area contributed by atoms with Crippen LogP contribution in [-0.4, -0.2) is 18.1 Å². The molecule has 0 spiro atoms. The molecule has 1 aromatic heterocycles. The van der Waals surface area contributed by atoms with Crippen molar-refractivity contribution in [2.45, 2.75) is 18.9 Å². The topological polar surface area (TPSA) is 71.1 Å². The average molecular weight is 281 g/mol. The summed E-state index contributed by atoms with van der Waals surface area (Å²) in [5, 5.41) is 12.2. The molecule has 0 bridgehead atoms. The van der Waals surface area contributed by atoms with Crippen molar-refractivity contribution in [3.63, 3.8) is 0 Å². The Bertz CT molecular complexity index is 709. The first kappa shape index (κ1) is 13.3. The number of rotatable bonds is 5. The van der Waals surface area contributed by atoms with E-state index in [0.717, 1.165) is 24.2 Å². The standard InChI is InChI=1S/C16H15N3O2/c1-20-14-5-3-2-4-11(14)6-9-15-19-13(10-17)16(21-15)18-12-7-8-12/h2-6,9,12,18H,7-8H2,1H3. The number of ether oxygens (including phenoxy) is 1. The second-order valence-electron chi connectivity index (χ2n) is 4.84. The second-order valence-corrected chi connectivity index (χ2v) is 4.84. The van der Waals surface area contributed by atoms with Gasteiger partial charge in [-0.3, -0.25) is 0 Å². The highest BCUT2D eigenvalue weighted by molar-refractivity contribution is 5.70. The fraction of sp³-hybridized carbons (Fsp3) is 0.250. The largest absolute Gasteiger partial charge is 0.496 e. The Labute approximate surface area is 122 Å². The molecule has 106 valence electrons. The van der Waals surface area contributed by atoms with Crippen LogP contribution >= 0.6 is 0 Å². The van der Waals surface area contributed by atoms with Gasteiger partial charge in [0, 0.05) is 17.7 Å². The van der Waals surface area contributed by atoms with E-state index >= 15 is 0 Å². The molecule has 0 atom stereocenters. The molecule has 1 saturated carbocycles. The van der Waals surface area contributed by atoms with Gasteiger partial charge in [0.25, 0.3) is 0 Å². The number of para-hydroxylation sites is 1. The maximum atomic E-state index is 9.08. The van der Waals surface area contributed by atoms with Gasteiger partial charge >= 0.3 is 0 Å². The normalized spacial score (nSPS) is 14.1. The fourth-order valence-corrected chi connectivity index (χ4v) is 1.96. The van der Waals surface area contributed by atoms with Gasteiger partial charge in [0.05, 0.1) is 7.11 Å². The monoisotopic (exact) mass is 281 g/mol. The van der Waals surface area contributed by atoms with Gasteiger partial charge in [-0.05, 0) is 25.0 Å². The second kappa shape index (κ2) is 5.71. The summed E-state index contributed by atoms with van der Waals surface area (Å²) >= 11 is 0. The van der Waals surface area contributed by atoms with E-state index < -0.39 is 0 Å². The van der Waals surface area contributed by atoms with Gasteiger partial charge in [-0.25, -0.2) is 0 Å². The van der Waals surface area contributed by atoms with Crippen molar-refractivity contribution < 1.29 is 9.15 Å². The van der Waals surface area contributed by atoms with Crippen molar-refractivity contribution in [1.82, 2.24) is 4.98 Å². The minimum Gasteiger partial charge on any atom is -0.496 e. The van der Waals surface area contributed by atoms with Crippen LogP contribution in [-0.2, 0) is 0 Å². The summed E-state index contributed by atoms with van der Waals surface area (Å²) in [5.74, 6) is 1.64. The average Bonchev–Trinajstić information content (AvgIpc) is 3.24. The molecular weight excluding hydrogens is 266 g/mol. The zero-order valence-electron chi connectivity index (χ0n) is 11.7. The van der Waals surface area contributed by atoms with E-state index in [-0.39, 0.29) is 0 Å². The van der Waals surface area contributed by atoms with Gasteiger partial charge in [-0.15, -0.1) is 0 Å². The molecule has 0 aliphatic heterocycles. The molecule has 1 N–H and O–H groups in total. The molecule has 2 aromatic rings. The van der Waals surface area contributed by atoms with Crippen LogP contribution in [0.1, 0.15) is 30.0 Å². The molecule has 1 aliphatic rings. The molecule has 5 nitrogen and oxygen atoms in total. The Hall–Kier alpha value is -2.74. The molecule has 0 unspecified atom stereocenters. The zero-order chi connectivity index (χ0) is 14.7. The maximum absolute atomic E-state index is 9.08. The summed E-state index contributed by atoms with van der Waals surface area (Å²) in [4.78, 5) is 4.16. The van der Waals surface area contributed by atoms with Crippen LogP contribution < -0.4 is 10.1 Å². The molecule has 0 amide bonds. The fourth-order valence-electron chi connectivity index (χ4n) is 1.96. The smallest absolute Gasteiger partial charge is 0.232 e. The summed E-state index contributed by atoms with van der Waals surface area (Å²) in [6.07, 6.45) is 5.80. The van der Waals surface area contributed by atoms with Crippen molar-refractivity contribution >= 4 is 18.0 Å². The summed E-state index contributed by atoms with van der Waals surface area (Å²) in [6, 6.07) is 10.1. The number of methoxy groups -OCH3 is 1. The third kappa shape index (κ3) is 3.06. The highest BCUT2D eigenvalue weighted by Crippen LogP contribution is 2.28. The van der Waals surface area contributed by atoms with E-state index in [4.69, 9.17) is 14.4 Å². The molecule has 1 aromatic carbocycles. The Morgan fingerprint density at radius 3 is 2.90 bits per heavy atom. The Morgan fingerprint density at radius 2 is 2.19 bits per heavy atom. The van der Waals surface area contributed by atoms with Crippen LogP contribution in [0.25, 0.3) is 12.2 Å². The summed E-state index contributed by atoms with van der Waals surface area (Å²) in [6.45, 7) is 0. The molecule has 1 aliphatic carbocycles. The van der Waals surface area contributed by atoms with Crippen LogP contribution in [0.2, 0.25) is 0 Å². The quantitative estimate of drug-likeness (QED) is 0.910. The van der Waals surface area contributed by atoms with E-state index in [9.17, 15) is 0 Å². The summed E-state index contributed by atoms with van der Waals surface area (Å²) in [5.41, 5.74) is 1.22. The van der Waals surface area contributed by atoms with Crippen LogP contribution in [0.15, 0.2) is 28.7 Å². The zero-order valence-corrected chi connectivity index (χ0v) is 11.7. The van der Waals surface area contributed by atoms with Crippen LogP contribution in [0, 0.1) is 11.3 Å². The van der Waals surface area contributed by atoms with E-state index in [1.165, 1.54) is 0 Å². The predicted molar refractivity (Wildman–Crippen MR) is 79.8 cm³/mol. The van der Waals surface area contributed by atoms with Gasteiger partial charge in [0.2, 0.25) is 17.5 Å². The van der Waals surface area contributed by atoms with Crippen molar-refractivity contribution in [2.24, 2.45) is 0 Å². The molecule has 5 heteroatoms. The van der Waals surface area contributed by atoms with Crippen molar-refractivity contribution in [1.29, 1.82) is 5.26 Å². The molecule has 21 heavy (non-hydrogen) atoms. The SMILES string of the molecule is COc1ccccc1C=Cc1nc(C#N)c(NC2CC2)o1. The van der Waals surface area contributed by atoms with E-state index in [1.807, 2.05) is 36.4 Å². The number of aromatic nitrogens is 1. The van der Waals surface area contributed by atoms with Gasteiger partial charge < -0.3 is 14.5 Å². The first-order valence-corrected chi connectivity index (χ1v) is 6.78. The lowest BCUT2D eigenvalue weighted by Crippen LogP contribution is -2.00. The molecule has 3 rings (SSSR count). The molecule has 1 heterocycles. The van der Waals surface area contributed by atoms with Crippen LogP contribution in [0.5, 0.6) is 5.75 Å². The Kier molecular flexibility index (Phi) is 3.61. The number of hydrogen-bond donors (Lipinski definition) is 1. The van der Waals surface area contributed by atoms with Gasteiger partial charge in [0.15, 0.2) is 0 Å².